The minimum absolute atomic E-state index is 0.0339. The molecular weight excluding hydrogens is 501 g/mol. The van der Waals surface area contributed by atoms with Crippen LogP contribution in [0.3, 0.4) is 0 Å². The number of fused-ring (bicyclic) bond motifs is 1. The van der Waals surface area contributed by atoms with Crippen molar-refractivity contribution in [3.05, 3.63) is 64.2 Å². The van der Waals surface area contributed by atoms with Crippen molar-refractivity contribution >= 4 is 64.0 Å². The van der Waals surface area contributed by atoms with Crippen LogP contribution in [0.5, 0.6) is 0 Å². The highest BCUT2D eigenvalue weighted by atomic mass is 35.5. The lowest BCUT2D eigenvalue weighted by Gasteiger charge is -2.28. The first kappa shape index (κ1) is 24.6. The fourth-order valence-electron chi connectivity index (χ4n) is 4.23. The molecule has 2 fully saturated rings. The Hall–Kier alpha value is -3.50. The van der Waals surface area contributed by atoms with Gasteiger partial charge in [-0.25, -0.2) is 4.79 Å². The molecule has 4 rings (SSSR count). The Morgan fingerprint density at radius 3 is 2.29 bits per heavy atom. The standard InChI is InChI=1S/C23H19Cl2N3O7/c24-18-9-16-17(10-19(18)25)22(31)27(21(16)30)14-5-1-3-12(7-14)23(32)35-11-20(29)26-13-4-2-6-15(8-13)28(33)34/h1-8,16-19H,9-11H2,(H,26,29)/t16-,17-,18+,19+/m1/s1. The summed E-state index contributed by atoms with van der Waals surface area (Å²) >= 11 is 12.4. The van der Waals surface area contributed by atoms with Crippen LogP contribution in [0.25, 0.3) is 0 Å². The van der Waals surface area contributed by atoms with E-state index in [-0.39, 0.29) is 22.6 Å². The molecule has 2 aromatic rings. The predicted octanol–water partition coefficient (Wildman–Crippen LogP) is 3.50. The molecule has 2 aliphatic rings. The quantitative estimate of drug-likeness (QED) is 0.202. The van der Waals surface area contributed by atoms with E-state index in [2.05, 4.69) is 5.32 Å². The van der Waals surface area contributed by atoms with Crippen molar-refractivity contribution in [1.82, 2.24) is 0 Å². The molecular formula is C23H19Cl2N3O7. The Balaban J connectivity index is 1.41. The van der Waals surface area contributed by atoms with Crippen LogP contribution in [0.1, 0.15) is 23.2 Å². The number of nitro benzene ring substituents is 1. The van der Waals surface area contributed by atoms with Gasteiger partial charge in [0.1, 0.15) is 0 Å². The second kappa shape index (κ2) is 10.0. The molecule has 1 N–H and O–H groups in total. The third-order valence-electron chi connectivity index (χ3n) is 5.93. The summed E-state index contributed by atoms with van der Waals surface area (Å²) in [5.41, 5.74) is 0.215. The molecule has 0 unspecified atom stereocenters. The van der Waals surface area contributed by atoms with E-state index >= 15 is 0 Å². The predicted molar refractivity (Wildman–Crippen MR) is 126 cm³/mol. The number of non-ortho nitro benzene ring substituents is 1. The maximum absolute atomic E-state index is 12.9. The highest BCUT2D eigenvalue weighted by Crippen LogP contribution is 2.43. The van der Waals surface area contributed by atoms with Crippen molar-refractivity contribution in [1.29, 1.82) is 0 Å². The number of nitrogens with zero attached hydrogens (tertiary/aromatic N) is 2. The molecule has 1 saturated carbocycles. The Morgan fingerprint density at radius 2 is 1.66 bits per heavy atom. The highest BCUT2D eigenvalue weighted by Gasteiger charge is 2.52. The smallest absolute Gasteiger partial charge is 0.338 e. The van der Waals surface area contributed by atoms with Crippen LogP contribution >= 0.6 is 23.2 Å². The van der Waals surface area contributed by atoms with Gasteiger partial charge in [0, 0.05) is 17.8 Å². The van der Waals surface area contributed by atoms with E-state index in [0.717, 1.165) is 4.90 Å². The van der Waals surface area contributed by atoms with Gasteiger partial charge >= 0.3 is 5.97 Å². The van der Waals surface area contributed by atoms with E-state index < -0.39 is 57.8 Å². The maximum atomic E-state index is 12.9. The molecule has 3 amide bonds. The van der Waals surface area contributed by atoms with Crippen molar-refractivity contribution in [2.45, 2.75) is 23.6 Å². The SMILES string of the molecule is O=C(COC(=O)c1cccc(N2C(=O)[C@@H]3C[C@H](Cl)[C@@H](Cl)C[C@H]3C2=O)c1)Nc1cccc([N+](=O)[O-])c1. The first-order chi connectivity index (χ1) is 16.7. The van der Waals surface area contributed by atoms with Gasteiger partial charge in [-0.05, 0) is 37.1 Å². The summed E-state index contributed by atoms with van der Waals surface area (Å²) < 4.78 is 5.03. The van der Waals surface area contributed by atoms with Gasteiger partial charge in [0.15, 0.2) is 6.61 Å². The molecule has 182 valence electrons. The number of imide groups is 1. The minimum Gasteiger partial charge on any atom is -0.452 e. The third-order valence-corrected chi connectivity index (χ3v) is 7.02. The minimum atomic E-state index is -0.848. The van der Waals surface area contributed by atoms with Gasteiger partial charge in [0.2, 0.25) is 11.8 Å². The molecule has 10 nitrogen and oxygen atoms in total. The number of carbonyl (C=O) groups excluding carboxylic acids is 4. The Morgan fingerprint density at radius 1 is 1.03 bits per heavy atom. The van der Waals surface area contributed by atoms with Crippen LogP contribution in [-0.2, 0) is 19.1 Å². The number of esters is 1. The summed E-state index contributed by atoms with van der Waals surface area (Å²) in [6.07, 6.45) is 0.589. The summed E-state index contributed by atoms with van der Waals surface area (Å²) in [7, 11) is 0. The zero-order valence-corrected chi connectivity index (χ0v) is 19.6. The average Bonchev–Trinajstić information content (AvgIpc) is 3.07. The molecule has 0 bridgehead atoms. The van der Waals surface area contributed by atoms with Gasteiger partial charge in [-0.2, -0.15) is 0 Å². The lowest BCUT2D eigenvalue weighted by molar-refractivity contribution is -0.384. The summed E-state index contributed by atoms with van der Waals surface area (Å²) in [4.78, 5) is 61.8. The van der Waals surface area contributed by atoms with Crippen LogP contribution in [0.2, 0.25) is 0 Å². The number of halogens is 2. The number of alkyl halides is 2. The van der Waals surface area contributed by atoms with Gasteiger partial charge in [0.05, 0.1) is 38.8 Å². The van der Waals surface area contributed by atoms with Crippen LogP contribution in [-0.4, -0.2) is 46.0 Å². The molecule has 35 heavy (non-hydrogen) atoms. The number of nitro groups is 1. The second-order valence-corrected chi connectivity index (χ2v) is 9.33. The van der Waals surface area contributed by atoms with E-state index in [1.807, 2.05) is 0 Å². The Kier molecular flexibility index (Phi) is 7.04. The van der Waals surface area contributed by atoms with Crippen molar-refractivity contribution in [3.63, 3.8) is 0 Å². The maximum Gasteiger partial charge on any atom is 0.338 e. The number of carbonyl (C=O) groups is 4. The summed E-state index contributed by atoms with van der Waals surface area (Å²) in [5.74, 6) is -3.46. The third kappa shape index (κ3) is 5.13. The molecule has 0 aromatic heterocycles. The molecule has 1 aliphatic heterocycles. The highest BCUT2D eigenvalue weighted by molar-refractivity contribution is 6.31. The van der Waals surface area contributed by atoms with Gasteiger partial charge in [-0.15, -0.1) is 23.2 Å². The van der Waals surface area contributed by atoms with E-state index in [9.17, 15) is 29.3 Å². The molecule has 4 atom stereocenters. The number of anilines is 2. The largest absolute Gasteiger partial charge is 0.452 e. The zero-order valence-electron chi connectivity index (χ0n) is 18.1. The van der Waals surface area contributed by atoms with E-state index in [4.69, 9.17) is 27.9 Å². The fraction of sp³-hybridized carbons (Fsp3) is 0.304. The molecule has 1 aliphatic carbocycles. The van der Waals surface area contributed by atoms with Crippen molar-refractivity contribution in [2.75, 3.05) is 16.8 Å². The fourth-order valence-corrected chi connectivity index (χ4v) is 4.82. The average molecular weight is 520 g/mol. The van der Waals surface area contributed by atoms with Crippen LogP contribution in [0, 0.1) is 22.0 Å². The second-order valence-electron chi connectivity index (χ2n) is 8.21. The Bertz CT molecular complexity index is 1190. The molecule has 0 spiro atoms. The van der Waals surface area contributed by atoms with Crippen LogP contribution in [0.15, 0.2) is 48.5 Å². The van der Waals surface area contributed by atoms with Gasteiger partial charge in [0.25, 0.3) is 11.6 Å². The number of nitrogens with one attached hydrogen (secondary N) is 1. The first-order valence-electron chi connectivity index (χ1n) is 10.6. The summed E-state index contributed by atoms with van der Waals surface area (Å²) in [6, 6.07) is 11.1. The monoisotopic (exact) mass is 519 g/mol. The molecule has 1 saturated heterocycles. The normalized spacial score (nSPS) is 23.5. The molecule has 12 heteroatoms. The zero-order chi connectivity index (χ0) is 25.3. The van der Waals surface area contributed by atoms with Gasteiger partial charge in [-0.3, -0.25) is 29.4 Å². The van der Waals surface area contributed by atoms with E-state index in [1.54, 1.807) is 0 Å². The van der Waals surface area contributed by atoms with Gasteiger partial charge < -0.3 is 10.1 Å². The summed E-state index contributed by atoms with van der Waals surface area (Å²) in [5, 5.41) is 12.4. The number of hydrogen-bond donors (Lipinski definition) is 1. The summed E-state index contributed by atoms with van der Waals surface area (Å²) in [6.45, 7) is -0.647. The molecule has 0 radical (unpaired) electrons. The van der Waals surface area contributed by atoms with Crippen molar-refractivity contribution in [3.8, 4) is 0 Å². The topological polar surface area (TPSA) is 136 Å². The van der Waals surface area contributed by atoms with E-state index in [0.29, 0.717) is 12.8 Å². The van der Waals surface area contributed by atoms with Crippen LogP contribution in [0.4, 0.5) is 17.1 Å². The Labute approximate surface area is 209 Å². The first-order valence-corrected chi connectivity index (χ1v) is 11.5. The number of amides is 3. The number of benzene rings is 2. The number of rotatable bonds is 6. The van der Waals surface area contributed by atoms with Crippen molar-refractivity contribution in [2.24, 2.45) is 11.8 Å². The number of hydrogen-bond acceptors (Lipinski definition) is 7. The van der Waals surface area contributed by atoms with E-state index in [1.165, 1.54) is 48.5 Å². The molecule has 1 heterocycles. The van der Waals surface area contributed by atoms with Crippen molar-refractivity contribution < 1.29 is 28.8 Å². The van der Waals surface area contributed by atoms with Gasteiger partial charge in [-0.1, -0.05) is 12.1 Å². The lowest BCUT2D eigenvalue weighted by Crippen LogP contribution is -2.34. The molecule has 2 aromatic carbocycles. The number of ether oxygens (including phenoxy) is 1. The van der Waals surface area contributed by atoms with Crippen LogP contribution < -0.4 is 10.2 Å². The lowest BCUT2D eigenvalue weighted by atomic mass is 9.80.